The number of alkyl carbamates (subject to hydrolysis) is 1. The van der Waals surface area contributed by atoms with Crippen LogP contribution in [0.4, 0.5) is 10.7 Å². The Balaban J connectivity index is 1.43. The predicted octanol–water partition coefficient (Wildman–Crippen LogP) is 2.66. The summed E-state index contributed by atoms with van der Waals surface area (Å²) in [6, 6.07) is 9.38. The number of imidazole rings is 1. The van der Waals surface area contributed by atoms with Crippen LogP contribution in [0.15, 0.2) is 46.1 Å². The highest BCUT2D eigenvalue weighted by atomic mass is 16.6. The summed E-state index contributed by atoms with van der Waals surface area (Å²) in [5, 5.41) is 8.31. The highest BCUT2D eigenvalue weighted by molar-refractivity contribution is 5.93. The molecule has 1 aliphatic heterocycles. The van der Waals surface area contributed by atoms with Crippen molar-refractivity contribution in [2.24, 2.45) is 7.05 Å². The minimum Gasteiger partial charge on any atom is -0.444 e. The average molecular weight is 598 g/mol. The van der Waals surface area contributed by atoms with Gasteiger partial charge in [-0.25, -0.2) is 19.1 Å². The normalized spacial score (nSPS) is 15.5. The second-order valence-corrected chi connectivity index (χ2v) is 11.9. The number of aryl methyl sites for hydroxylation is 1. The quantitative estimate of drug-likeness (QED) is 0.306. The molecule has 44 heavy (non-hydrogen) atoms. The molecule has 228 valence electrons. The van der Waals surface area contributed by atoms with Gasteiger partial charge in [0.15, 0.2) is 17.0 Å². The number of hydrogen-bond donors (Lipinski definition) is 1. The summed E-state index contributed by atoms with van der Waals surface area (Å²) in [7, 11) is 1.60. The SMILES string of the molecule is CC#CCn1c(N2CCCC(NC(=O)OC(C)(C)C)C2)nc2c1c(=O)n(Cc1nc3ccccc3c3ccnn13)c(=O)n2C. The lowest BCUT2D eigenvalue weighted by Crippen LogP contribution is -2.49. The molecule has 5 aromatic rings. The van der Waals surface area contributed by atoms with Crippen LogP contribution in [0.3, 0.4) is 0 Å². The monoisotopic (exact) mass is 597 g/mol. The topological polar surface area (TPSA) is 134 Å². The molecule has 0 aliphatic carbocycles. The Morgan fingerprint density at radius 3 is 2.70 bits per heavy atom. The Morgan fingerprint density at radius 1 is 1.14 bits per heavy atom. The van der Waals surface area contributed by atoms with E-state index in [0.717, 1.165) is 29.3 Å². The Hall–Kier alpha value is -5.12. The Labute approximate surface area is 253 Å². The van der Waals surface area contributed by atoms with E-state index in [4.69, 9.17) is 14.7 Å². The summed E-state index contributed by atoms with van der Waals surface area (Å²) < 4.78 is 11.4. The number of benzene rings is 1. The molecule has 5 heterocycles. The van der Waals surface area contributed by atoms with E-state index < -0.39 is 22.9 Å². The van der Waals surface area contributed by atoms with E-state index in [1.165, 1.54) is 9.13 Å². The van der Waals surface area contributed by atoms with Crippen LogP contribution in [-0.2, 0) is 24.9 Å². The molecule has 1 saturated heterocycles. The third kappa shape index (κ3) is 5.27. The van der Waals surface area contributed by atoms with Gasteiger partial charge in [0.2, 0.25) is 5.95 Å². The lowest BCUT2D eigenvalue weighted by Gasteiger charge is -2.34. The molecule has 13 nitrogen and oxygen atoms in total. The van der Waals surface area contributed by atoms with Crippen molar-refractivity contribution in [1.29, 1.82) is 0 Å². The number of amides is 1. The van der Waals surface area contributed by atoms with Crippen LogP contribution in [0.1, 0.15) is 46.4 Å². The first kappa shape index (κ1) is 29.0. The molecule has 1 N–H and O–H groups in total. The fraction of sp³-hybridized carbons (Fsp3) is 0.419. The van der Waals surface area contributed by atoms with Crippen molar-refractivity contribution >= 4 is 39.6 Å². The third-order valence-electron chi connectivity index (χ3n) is 7.67. The number of anilines is 1. The molecule has 0 saturated carbocycles. The average Bonchev–Trinajstić information content (AvgIpc) is 3.62. The second-order valence-electron chi connectivity index (χ2n) is 11.9. The lowest BCUT2D eigenvalue weighted by molar-refractivity contribution is 0.0499. The number of ether oxygens (including phenoxy) is 1. The summed E-state index contributed by atoms with van der Waals surface area (Å²) in [5.74, 6) is 6.93. The second kappa shape index (κ2) is 11.2. The number of aromatic nitrogens is 7. The minimum atomic E-state index is -0.610. The number of hydrogen-bond acceptors (Lipinski definition) is 8. The summed E-state index contributed by atoms with van der Waals surface area (Å²) in [5.41, 5.74) is 0.496. The van der Waals surface area contributed by atoms with Crippen molar-refractivity contribution in [3.05, 3.63) is 63.2 Å². The van der Waals surface area contributed by atoms with Crippen LogP contribution in [0.2, 0.25) is 0 Å². The van der Waals surface area contributed by atoms with E-state index in [1.54, 1.807) is 29.3 Å². The van der Waals surface area contributed by atoms with Crippen LogP contribution < -0.4 is 21.5 Å². The van der Waals surface area contributed by atoms with Gasteiger partial charge in [0, 0.05) is 31.6 Å². The number of piperidine rings is 1. The summed E-state index contributed by atoms with van der Waals surface area (Å²) >= 11 is 0. The van der Waals surface area contributed by atoms with Crippen molar-refractivity contribution in [3.8, 4) is 11.8 Å². The maximum absolute atomic E-state index is 14.2. The molecular formula is C31H35N9O4. The first-order valence-corrected chi connectivity index (χ1v) is 14.6. The standard InChI is InChI=1S/C31H35N9O4/c1-6-7-17-38-25-26(35-28(38)37-16-10-11-20(18-37)33-29(42)44-31(2,3)4)36(5)30(43)39(27(25)41)19-24-34-22-13-9-8-12-21(22)23-14-15-32-40(23)24/h8-9,12-15,20H,10-11,16-19H2,1-5H3,(H,33,42). The van der Waals surface area contributed by atoms with Gasteiger partial charge in [-0.1, -0.05) is 24.1 Å². The van der Waals surface area contributed by atoms with Crippen molar-refractivity contribution in [3.63, 3.8) is 0 Å². The molecule has 0 bridgehead atoms. The number of carbonyl (C=O) groups excluding carboxylic acids is 1. The number of carbonyl (C=O) groups is 1. The maximum Gasteiger partial charge on any atom is 0.407 e. The summed E-state index contributed by atoms with van der Waals surface area (Å²) in [6.45, 7) is 8.43. The Morgan fingerprint density at radius 2 is 1.93 bits per heavy atom. The molecular weight excluding hydrogens is 562 g/mol. The molecule has 13 heteroatoms. The van der Waals surface area contributed by atoms with E-state index in [-0.39, 0.29) is 30.3 Å². The van der Waals surface area contributed by atoms with Gasteiger partial charge in [0.1, 0.15) is 5.60 Å². The number of nitrogens with one attached hydrogen (secondary N) is 1. The minimum absolute atomic E-state index is 0.0873. The van der Waals surface area contributed by atoms with Gasteiger partial charge in [-0.2, -0.15) is 10.1 Å². The van der Waals surface area contributed by atoms with Gasteiger partial charge < -0.3 is 15.0 Å². The van der Waals surface area contributed by atoms with Gasteiger partial charge in [-0.3, -0.25) is 18.5 Å². The highest BCUT2D eigenvalue weighted by Crippen LogP contribution is 2.24. The number of nitrogens with zero attached hydrogens (tertiary/aromatic N) is 8. The maximum atomic E-state index is 14.2. The summed E-state index contributed by atoms with van der Waals surface area (Å²) in [4.78, 5) is 51.9. The van der Waals surface area contributed by atoms with Gasteiger partial charge in [-0.05, 0) is 52.7 Å². The van der Waals surface area contributed by atoms with E-state index in [1.807, 2.05) is 56.0 Å². The molecule has 1 atom stereocenters. The van der Waals surface area contributed by atoms with Gasteiger partial charge >= 0.3 is 11.8 Å². The zero-order valence-electron chi connectivity index (χ0n) is 25.5. The van der Waals surface area contributed by atoms with Crippen molar-refractivity contribution in [2.75, 3.05) is 18.0 Å². The fourth-order valence-electron chi connectivity index (χ4n) is 5.73. The molecule has 4 aromatic heterocycles. The van der Waals surface area contributed by atoms with E-state index in [0.29, 0.717) is 24.9 Å². The highest BCUT2D eigenvalue weighted by Gasteiger charge is 2.29. The van der Waals surface area contributed by atoms with E-state index >= 15 is 0 Å². The molecule has 1 fully saturated rings. The molecule has 1 aliphatic rings. The molecule has 6 rings (SSSR count). The van der Waals surface area contributed by atoms with Crippen LogP contribution in [0, 0.1) is 11.8 Å². The zero-order valence-corrected chi connectivity index (χ0v) is 25.5. The van der Waals surface area contributed by atoms with Crippen LogP contribution >= 0.6 is 0 Å². The smallest absolute Gasteiger partial charge is 0.407 e. The van der Waals surface area contributed by atoms with Crippen LogP contribution in [0.5, 0.6) is 0 Å². The first-order chi connectivity index (χ1) is 21.1. The third-order valence-corrected chi connectivity index (χ3v) is 7.67. The fourth-order valence-corrected chi connectivity index (χ4v) is 5.73. The Bertz CT molecular complexity index is 2080. The number of rotatable bonds is 5. The van der Waals surface area contributed by atoms with Crippen LogP contribution in [0.25, 0.3) is 27.6 Å². The lowest BCUT2D eigenvalue weighted by atomic mass is 10.1. The Kier molecular flexibility index (Phi) is 7.36. The first-order valence-electron chi connectivity index (χ1n) is 14.6. The number of para-hydroxylation sites is 1. The van der Waals surface area contributed by atoms with Crippen molar-refractivity contribution in [2.45, 2.75) is 65.3 Å². The largest absolute Gasteiger partial charge is 0.444 e. The van der Waals surface area contributed by atoms with Gasteiger partial charge in [-0.15, -0.1) is 5.92 Å². The van der Waals surface area contributed by atoms with Crippen LogP contribution in [-0.4, -0.2) is 64.1 Å². The molecule has 0 radical (unpaired) electrons. The molecule has 0 spiro atoms. The van der Waals surface area contributed by atoms with Gasteiger partial charge in [0.25, 0.3) is 5.56 Å². The van der Waals surface area contributed by atoms with Crippen molar-refractivity contribution < 1.29 is 9.53 Å². The van der Waals surface area contributed by atoms with Crippen molar-refractivity contribution in [1.82, 2.24) is 38.6 Å². The van der Waals surface area contributed by atoms with Gasteiger partial charge in [0.05, 0.1) is 30.3 Å². The zero-order chi connectivity index (χ0) is 31.2. The predicted molar refractivity (Wildman–Crippen MR) is 167 cm³/mol. The molecule has 1 unspecified atom stereocenters. The summed E-state index contributed by atoms with van der Waals surface area (Å²) in [6.07, 6.45) is 2.76. The van der Waals surface area contributed by atoms with E-state index in [9.17, 15) is 14.4 Å². The molecule has 1 amide bonds. The van der Waals surface area contributed by atoms with E-state index in [2.05, 4.69) is 22.3 Å². The number of fused-ring (bicyclic) bond motifs is 4. The molecule has 1 aromatic carbocycles.